The van der Waals surface area contributed by atoms with Crippen LogP contribution < -0.4 is 0 Å². The second-order valence-electron chi connectivity index (χ2n) is 7.11. The average molecular weight is 390 g/mol. The first kappa shape index (κ1) is 21.3. The molecule has 0 aromatic heterocycles. The van der Waals surface area contributed by atoms with Crippen LogP contribution in [-0.4, -0.2) is 26.2 Å². The van der Waals surface area contributed by atoms with Gasteiger partial charge in [0.25, 0.3) is 0 Å². The molecule has 11 heteroatoms. The lowest BCUT2D eigenvalue weighted by Gasteiger charge is -2.40. The Balaban J connectivity index is 3.08. The summed E-state index contributed by atoms with van der Waals surface area (Å²) in [4.78, 5) is 36.6. The third-order valence-corrected chi connectivity index (χ3v) is 16.0. The molecule has 0 radical (unpaired) electrons. The van der Waals surface area contributed by atoms with Gasteiger partial charge in [0, 0.05) is 5.92 Å². The van der Waals surface area contributed by atoms with E-state index in [2.05, 4.69) is 6.58 Å². The Hall–Kier alpha value is 0.230. The van der Waals surface area contributed by atoms with E-state index in [4.69, 9.17) is 14.3 Å². The van der Waals surface area contributed by atoms with Crippen LogP contribution in [0.5, 0.6) is 0 Å². The fourth-order valence-electron chi connectivity index (χ4n) is 2.95. The minimum absolute atomic E-state index is 0.0758. The van der Waals surface area contributed by atoms with Gasteiger partial charge in [-0.15, -0.1) is 0 Å². The van der Waals surface area contributed by atoms with E-state index in [9.17, 15) is 23.5 Å². The topological polar surface area (TPSA) is 141 Å². The van der Waals surface area contributed by atoms with Crippen molar-refractivity contribution in [3.63, 3.8) is 0 Å². The molecular formula is C12H25O8P3. The van der Waals surface area contributed by atoms with E-state index in [1.54, 1.807) is 0 Å². The largest absolute Gasteiger partial charge is 0.422 e. The quantitative estimate of drug-likeness (QED) is 0.414. The summed E-state index contributed by atoms with van der Waals surface area (Å²) in [5.74, 6) is -0.323. The molecule has 3 unspecified atom stereocenters. The average Bonchev–Trinajstić information content (AvgIpc) is 2.45. The minimum atomic E-state index is -5.72. The molecule has 1 aliphatic carbocycles. The van der Waals surface area contributed by atoms with Gasteiger partial charge < -0.3 is 24.1 Å². The summed E-state index contributed by atoms with van der Waals surface area (Å²) in [6.45, 7) is 7.72. The van der Waals surface area contributed by atoms with Crippen LogP contribution in [0.4, 0.5) is 0 Å². The lowest BCUT2D eigenvalue weighted by Crippen LogP contribution is -2.35. The molecule has 0 saturated heterocycles. The molecule has 1 saturated carbocycles. The van der Waals surface area contributed by atoms with Gasteiger partial charge in [0.1, 0.15) is 0 Å². The lowest BCUT2D eigenvalue weighted by molar-refractivity contribution is 0.0607. The molecular weight excluding hydrogens is 365 g/mol. The molecule has 1 rings (SSSR count). The SMILES string of the molecule is C=C1C(COP(=O)(O)P(=O)(O)P(=O)(O)O)C(C)(C)C(C)(C)[C@@H]1C. The molecule has 0 spiro atoms. The van der Waals surface area contributed by atoms with Gasteiger partial charge >= 0.3 is 21.3 Å². The molecule has 23 heavy (non-hydrogen) atoms. The van der Waals surface area contributed by atoms with E-state index < -0.39 is 39.3 Å². The van der Waals surface area contributed by atoms with Crippen molar-refractivity contribution in [2.24, 2.45) is 22.7 Å². The van der Waals surface area contributed by atoms with Crippen LogP contribution in [0.25, 0.3) is 0 Å². The second kappa shape index (κ2) is 5.89. The van der Waals surface area contributed by atoms with Crippen molar-refractivity contribution in [3.05, 3.63) is 12.2 Å². The summed E-state index contributed by atoms with van der Waals surface area (Å²) >= 11 is 0. The van der Waals surface area contributed by atoms with Crippen molar-refractivity contribution >= 4 is 21.3 Å². The highest BCUT2D eigenvalue weighted by atomic mass is 32.5. The number of hydrogen-bond acceptors (Lipinski definition) is 4. The van der Waals surface area contributed by atoms with Gasteiger partial charge in [0.2, 0.25) is 0 Å². The van der Waals surface area contributed by atoms with E-state index in [0.717, 1.165) is 5.57 Å². The molecule has 136 valence electrons. The first-order chi connectivity index (χ1) is 9.91. The van der Waals surface area contributed by atoms with Crippen LogP contribution >= 0.6 is 21.3 Å². The zero-order valence-corrected chi connectivity index (χ0v) is 16.5. The van der Waals surface area contributed by atoms with E-state index in [1.165, 1.54) is 0 Å². The second-order valence-corrected chi connectivity index (χ2v) is 17.7. The molecule has 0 amide bonds. The van der Waals surface area contributed by atoms with Crippen LogP contribution in [-0.2, 0) is 18.2 Å². The van der Waals surface area contributed by atoms with Gasteiger partial charge in [-0.1, -0.05) is 46.8 Å². The van der Waals surface area contributed by atoms with Crippen molar-refractivity contribution < 1.29 is 37.8 Å². The normalized spacial score (nSPS) is 32.3. The Kier molecular flexibility index (Phi) is 5.45. The molecule has 1 aliphatic rings. The summed E-state index contributed by atoms with van der Waals surface area (Å²) in [7, 11) is -11.1. The summed E-state index contributed by atoms with van der Waals surface area (Å²) in [5, 5.41) is 0. The Morgan fingerprint density at radius 1 is 1.04 bits per heavy atom. The van der Waals surface area contributed by atoms with E-state index in [0.29, 0.717) is 0 Å². The summed E-state index contributed by atoms with van der Waals surface area (Å²) in [6, 6.07) is 0. The monoisotopic (exact) mass is 390 g/mol. The standard InChI is InChI=1S/C12H25O8P3/c1-8-9(2)11(3,4)12(5,6)10(8)7-20-22(16,17)23(18,19)21(13,14)15/h9-10H,1,7H2,2-6H3,(H,16,17)(H,18,19)(H2,13,14,15)/t9-,10?/m1/s1. The highest BCUT2D eigenvalue weighted by Gasteiger charge is 2.59. The maximum atomic E-state index is 11.9. The Bertz CT molecular complexity index is 647. The van der Waals surface area contributed by atoms with E-state index in [1.807, 2.05) is 34.6 Å². The van der Waals surface area contributed by atoms with E-state index in [-0.39, 0.29) is 11.3 Å². The van der Waals surface area contributed by atoms with Crippen LogP contribution in [0.2, 0.25) is 0 Å². The zero-order chi connectivity index (χ0) is 18.6. The molecule has 4 N–H and O–H groups in total. The molecule has 0 aromatic rings. The maximum Gasteiger partial charge on any atom is 0.422 e. The highest BCUT2D eigenvalue weighted by molar-refractivity contribution is 8.60. The molecule has 0 aliphatic heterocycles. The summed E-state index contributed by atoms with van der Waals surface area (Å²) in [5.41, 5.74) is 0.165. The fraction of sp³-hybridized carbons (Fsp3) is 0.833. The highest BCUT2D eigenvalue weighted by Crippen LogP contribution is 2.94. The van der Waals surface area contributed by atoms with Gasteiger partial charge in [0.15, 0.2) is 0 Å². The van der Waals surface area contributed by atoms with Gasteiger partial charge in [-0.25, -0.2) is 9.13 Å². The molecule has 8 nitrogen and oxygen atoms in total. The minimum Gasteiger partial charge on any atom is -0.328 e. The maximum absolute atomic E-state index is 11.9. The van der Waals surface area contributed by atoms with Crippen molar-refractivity contribution in [2.45, 2.75) is 34.6 Å². The molecule has 0 aromatic carbocycles. The van der Waals surface area contributed by atoms with Gasteiger partial charge in [0.05, 0.1) is 6.61 Å². The molecule has 4 atom stereocenters. The van der Waals surface area contributed by atoms with Crippen molar-refractivity contribution in [1.29, 1.82) is 0 Å². The molecule has 0 heterocycles. The Morgan fingerprint density at radius 3 is 1.78 bits per heavy atom. The lowest BCUT2D eigenvalue weighted by atomic mass is 9.65. The third kappa shape index (κ3) is 3.21. The summed E-state index contributed by atoms with van der Waals surface area (Å²) < 4.78 is 39.2. The first-order valence-corrected chi connectivity index (χ1v) is 13.2. The summed E-state index contributed by atoms with van der Waals surface area (Å²) in [6.07, 6.45) is 0. The van der Waals surface area contributed by atoms with Crippen molar-refractivity contribution in [3.8, 4) is 0 Å². The Morgan fingerprint density at radius 2 is 1.48 bits per heavy atom. The Labute approximate surface area is 135 Å². The van der Waals surface area contributed by atoms with Gasteiger partial charge in [-0.05, 0) is 16.7 Å². The first-order valence-electron chi connectivity index (χ1n) is 6.96. The third-order valence-electron chi connectivity index (χ3n) is 5.70. The molecule has 0 bridgehead atoms. The van der Waals surface area contributed by atoms with Crippen LogP contribution in [0.3, 0.4) is 0 Å². The predicted molar refractivity (Wildman–Crippen MR) is 87.0 cm³/mol. The molecule has 1 fully saturated rings. The van der Waals surface area contributed by atoms with Crippen LogP contribution in [0.1, 0.15) is 34.6 Å². The number of hydrogen-bond donors (Lipinski definition) is 4. The van der Waals surface area contributed by atoms with Gasteiger partial charge in [-0.2, -0.15) is 0 Å². The van der Waals surface area contributed by atoms with E-state index >= 15 is 0 Å². The van der Waals surface area contributed by atoms with Crippen LogP contribution in [0, 0.1) is 22.7 Å². The van der Waals surface area contributed by atoms with Crippen LogP contribution in [0.15, 0.2) is 12.2 Å². The van der Waals surface area contributed by atoms with Gasteiger partial charge in [-0.3, -0.25) is 4.57 Å². The van der Waals surface area contributed by atoms with Crippen molar-refractivity contribution in [1.82, 2.24) is 0 Å². The fourth-order valence-corrected chi connectivity index (χ4v) is 8.38. The van der Waals surface area contributed by atoms with Crippen molar-refractivity contribution in [2.75, 3.05) is 6.61 Å². The predicted octanol–water partition coefficient (Wildman–Crippen LogP) is 3.34. The number of rotatable bonds is 5. The smallest absolute Gasteiger partial charge is 0.328 e. The zero-order valence-electron chi connectivity index (χ0n) is 13.8.